The van der Waals surface area contributed by atoms with E-state index in [-0.39, 0.29) is 5.60 Å². The largest absolute Gasteiger partial charge is 0.375 e. The lowest BCUT2D eigenvalue weighted by molar-refractivity contribution is -0.100. The quantitative estimate of drug-likeness (QED) is 0.759. The highest BCUT2D eigenvalue weighted by Gasteiger charge is 2.36. The monoisotopic (exact) mass is 267 g/mol. The minimum Gasteiger partial charge on any atom is -0.375 e. The van der Waals surface area contributed by atoms with Crippen LogP contribution >= 0.6 is 0 Å². The van der Waals surface area contributed by atoms with Crippen molar-refractivity contribution in [1.82, 2.24) is 5.32 Å². The Morgan fingerprint density at radius 3 is 1.89 bits per heavy atom. The van der Waals surface area contributed by atoms with Gasteiger partial charge < -0.3 is 10.1 Å². The summed E-state index contributed by atoms with van der Waals surface area (Å²) in [6.45, 7) is 0.964. The Morgan fingerprint density at radius 2 is 1.37 bits per heavy atom. The maximum Gasteiger partial charge on any atom is 0.0697 e. The van der Waals surface area contributed by atoms with Crippen LogP contribution in [0.1, 0.15) is 83.5 Å². The first-order chi connectivity index (χ1) is 9.35. The van der Waals surface area contributed by atoms with Gasteiger partial charge in [0, 0.05) is 12.6 Å². The summed E-state index contributed by atoms with van der Waals surface area (Å²) in [5, 5.41) is 3.48. The molecule has 2 aliphatic rings. The summed E-state index contributed by atoms with van der Waals surface area (Å²) in [4.78, 5) is 0. The number of rotatable bonds is 1. The smallest absolute Gasteiger partial charge is 0.0697 e. The Labute approximate surface area is 119 Å². The molecule has 2 fully saturated rings. The van der Waals surface area contributed by atoms with Gasteiger partial charge in [0.25, 0.3) is 0 Å². The van der Waals surface area contributed by atoms with Crippen LogP contribution in [0.25, 0.3) is 0 Å². The topological polar surface area (TPSA) is 21.3 Å². The summed E-state index contributed by atoms with van der Waals surface area (Å²) in [5.41, 5.74) is 0.213. The highest BCUT2D eigenvalue weighted by Crippen LogP contribution is 2.35. The molecule has 0 aromatic carbocycles. The molecular weight excluding hydrogens is 234 g/mol. The van der Waals surface area contributed by atoms with E-state index in [2.05, 4.69) is 12.4 Å². The molecule has 1 aliphatic carbocycles. The predicted molar refractivity (Wildman–Crippen MR) is 81.6 cm³/mol. The lowest BCUT2D eigenvalue weighted by Gasteiger charge is -2.41. The third kappa shape index (κ3) is 5.07. The molecule has 0 aromatic rings. The van der Waals surface area contributed by atoms with Crippen LogP contribution in [0.2, 0.25) is 0 Å². The van der Waals surface area contributed by atoms with Crippen LogP contribution < -0.4 is 5.32 Å². The molecule has 0 aromatic heterocycles. The number of nitrogens with one attached hydrogen (secondary N) is 1. The van der Waals surface area contributed by atoms with Crippen molar-refractivity contribution in [2.24, 2.45) is 0 Å². The highest BCUT2D eigenvalue weighted by atomic mass is 16.5. The summed E-state index contributed by atoms with van der Waals surface area (Å²) in [6, 6.07) is 0.682. The van der Waals surface area contributed by atoms with Crippen LogP contribution in [0.4, 0.5) is 0 Å². The van der Waals surface area contributed by atoms with E-state index in [9.17, 15) is 0 Å². The van der Waals surface area contributed by atoms with E-state index in [1.54, 1.807) is 0 Å². The van der Waals surface area contributed by atoms with Gasteiger partial charge in [0.1, 0.15) is 0 Å². The summed E-state index contributed by atoms with van der Waals surface area (Å²) < 4.78 is 6.30. The Balaban J connectivity index is 1.89. The first kappa shape index (κ1) is 15.3. The van der Waals surface area contributed by atoms with Gasteiger partial charge in [0.05, 0.1) is 5.60 Å². The fraction of sp³-hybridized carbons (Fsp3) is 1.00. The van der Waals surface area contributed by atoms with Gasteiger partial charge in [-0.3, -0.25) is 0 Å². The third-order valence-corrected chi connectivity index (χ3v) is 5.17. The number of hydrogen-bond acceptors (Lipinski definition) is 2. The molecule has 19 heavy (non-hydrogen) atoms. The molecule has 0 amide bonds. The van der Waals surface area contributed by atoms with Gasteiger partial charge in [-0.05, 0) is 32.7 Å². The zero-order chi connectivity index (χ0) is 13.4. The Kier molecular flexibility index (Phi) is 6.66. The standard InChI is InChI=1S/C17H33NO/c1-18-16-11-14-19-17(15-16)12-9-7-5-3-2-4-6-8-10-13-17/h16,18H,2-15H2,1H3. The highest BCUT2D eigenvalue weighted by molar-refractivity contribution is 4.89. The minimum absolute atomic E-state index is 0.213. The van der Waals surface area contributed by atoms with Crippen molar-refractivity contribution < 1.29 is 4.74 Å². The van der Waals surface area contributed by atoms with Gasteiger partial charge in [0.2, 0.25) is 0 Å². The van der Waals surface area contributed by atoms with Crippen molar-refractivity contribution in [2.45, 2.75) is 95.1 Å². The molecule has 1 atom stereocenters. The summed E-state index contributed by atoms with van der Waals surface area (Å²) in [6.07, 6.45) is 17.8. The van der Waals surface area contributed by atoms with Gasteiger partial charge in [-0.25, -0.2) is 0 Å². The fourth-order valence-corrected chi connectivity index (χ4v) is 3.88. The average molecular weight is 267 g/mol. The Morgan fingerprint density at radius 1 is 0.842 bits per heavy atom. The van der Waals surface area contributed by atoms with Crippen LogP contribution in [-0.2, 0) is 4.74 Å². The molecular formula is C17H33NO. The molecule has 2 heteroatoms. The molecule has 1 heterocycles. The second-order valence-electron chi connectivity index (χ2n) is 6.69. The zero-order valence-corrected chi connectivity index (χ0v) is 12.9. The van der Waals surface area contributed by atoms with E-state index in [1.165, 1.54) is 83.5 Å². The van der Waals surface area contributed by atoms with Crippen molar-refractivity contribution in [3.05, 3.63) is 0 Å². The molecule has 1 unspecified atom stereocenters. The van der Waals surface area contributed by atoms with Crippen molar-refractivity contribution in [1.29, 1.82) is 0 Å². The molecule has 112 valence electrons. The summed E-state index contributed by atoms with van der Waals surface area (Å²) >= 11 is 0. The first-order valence-electron chi connectivity index (χ1n) is 8.66. The first-order valence-corrected chi connectivity index (χ1v) is 8.66. The maximum absolute atomic E-state index is 6.30. The van der Waals surface area contributed by atoms with Crippen molar-refractivity contribution >= 4 is 0 Å². The molecule has 1 spiro atoms. The van der Waals surface area contributed by atoms with Crippen molar-refractivity contribution in [2.75, 3.05) is 13.7 Å². The van der Waals surface area contributed by atoms with Crippen LogP contribution in [-0.4, -0.2) is 25.3 Å². The van der Waals surface area contributed by atoms with Crippen LogP contribution in [0, 0.1) is 0 Å². The third-order valence-electron chi connectivity index (χ3n) is 5.17. The van der Waals surface area contributed by atoms with E-state index in [0.717, 1.165) is 6.61 Å². The van der Waals surface area contributed by atoms with E-state index >= 15 is 0 Å². The number of ether oxygens (including phenoxy) is 1. The maximum atomic E-state index is 6.30. The molecule has 2 nitrogen and oxygen atoms in total. The van der Waals surface area contributed by atoms with E-state index in [4.69, 9.17) is 4.74 Å². The SMILES string of the molecule is CNC1CCOC2(CCCCCCCCCCC2)C1. The van der Waals surface area contributed by atoms with E-state index < -0.39 is 0 Å². The van der Waals surface area contributed by atoms with Gasteiger partial charge >= 0.3 is 0 Å². The van der Waals surface area contributed by atoms with E-state index in [1.807, 2.05) is 0 Å². The fourth-order valence-electron chi connectivity index (χ4n) is 3.88. The minimum atomic E-state index is 0.213. The molecule has 1 aliphatic heterocycles. The lowest BCUT2D eigenvalue weighted by Crippen LogP contribution is -2.46. The Hall–Kier alpha value is -0.0800. The van der Waals surface area contributed by atoms with Crippen molar-refractivity contribution in [3.63, 3.8) is 0 Å². The average Bonchev–Trinajstić information content (AvgIpc) is 2.43. The number of hydrogen-bond donors (Lipinski definition) is 1. The summed E-state index contributed by atoms with van der Waals surface area (Å²) in [7, 11) is 2.11. The normalized spacial score (nSPS) is 30.5. The van der Waals surface area contributed by atoms with Crippen LogP contribution in [0.3, 0.4) is 0 Å². The van der Waals surface area contributed by atoms with Gasteiger partial charge in [-0.15, -0.1) is 0 Å². The summed E-state index contributed by atoms with van der Waals surface area (Å²) in [5.74, 6) is 0. The van der Waals surface area contributed by atoms with Crippen LogP contribution in [0.15, 0.2) is 0 Å². The van der Waals surface area contributed by atoms with Gasteiger partial charge in [-0.2, -0.15) is 0 Å². The van der Waals surface area contributed by atoms with Crippen LogP contribution in [0.5, 0.6) is 0 Å². The second-order valence-corrected chi connectivity index (χ2v) is 6.69. The molecule has 1 saturated carbocycles. The van der Waals surface area contributed by atoms with Crippen molar-refractivity contribution in [3.8, 4) is 0 Å². The molecule has 1 saturated heterocycles. The molecule has 0 bridgehead atoms. The zero-order valence-electron chi connectivity index (χ0n) is 12.9. The second kappa shape index (κ2) is 8.26. The molecule has 2 rings (SSSR count). The lowest BCUT2D eigenvalue weighted by atomic mass is 9.81. The molecule has 0 radical (unpaired) electrons. The molecule has 1 N–H and O–H groups in total. The van der Waals surface area contributed by atoms with E-state index in [0.29, 0.717) is 6.04 Å². The van der Waals surface area contributed by atoms with Gasteiger partial charge in [-0.1, -0.05) is 57.8 Å². The van der Waals surface area contributed by atoms with Gasteiger partial charge in [0.15, 0.2) is 0 Å². The Bertz CT molecular complexity index is 229. The predicted octanol–water partition coefficient (Wildman–Crippen LogP) is 4.43.